The maximum absolute atomic E-state index is 13.4. The van der Waals surface area contributed by atoms with Crippen molar-refractivity contribution in [1.82, 2.24) is 21.3 Å². The van der Waals surface area contributed by atoms with Gasteiger partial charge in [-0.05, 0) is 64.2 Å². The van der Waals surface area contributed by atoms with E-state index in [0.29, 0.717) is 51.4 Å². The lowest BCUT2D eigenvalue weighted by Gasteiger charge is -2.24. The van der Waals surface area contributed by atoms with Gasteiger partial charge in [0.2, 0.25) is 11.8 Å². The summed E-state index contributed by atoms with van der Waals surface area (Å²) in [6, 6.07) is -1.04. The van der Waals surface area contributed by atoms with E-state index in [1.54, 1.807) is 0 Å². The molecule has 0 heterocycles. The van der Waals surface area contributed by atoms with Crippen LogP contribution in [0.1, 0.15) is 478 Å². The van der Waals surface area contributed by atoms with Gasteiger partial charge in [-0.1, -0.05) is 388 Å². The van der Waals surface area contributed by atoms with Gasteiger partial charge in [-0.3, -0.25) is 37.3 Å². The van der Waals surface area contributed by atoms with E-state index in [9.17, 15) is 42.9 Å². The molecule has 0 spiro atoms. The molecule has 6 N–H and O–H groups in total. The summed E-state index contributed by atoms with van der Waals surface area (Å²) in [6.07, 6.45) is 70.2. The maximum atomic E-state index is 13.4. The summed E-state index contributed by atoms with van der Waals surface area (Å²) >= 11 is 0. The molecule has 0 radical (unpaired) electrons. The van der Waals surface area contributed by atoms with Crippen LogP contribution in [-0.4, -0.2) is 103 Å². The third-order valence-corrected chi connectivity index (χ3v) is 23.4. The number of nitrogens with one attached hydrogen (secondary N) is 4. The highest BCUT2D eigenvalue weighted by atomic mass is 31.2. The Morgan fingerprint density at radius 1 is 0.273 bits per heavy atom. The summed E-state index contributed by atoms with van der Waals surface area (Å²) in [4.78, 5) is 88.3. The van der Waals surface area contributed by atoms with Crippen molar-refractivity contribution in [2.75, 3.05) is 39.5 Å². The van der Waals surface area contributed by atoms with Gasteiger partial charge in [0.15, 0.2) is 0 Å². The van der Waals surface area contributed by atoms with Crippen LogP contribution in [0, 0.1) is 0 Å². The molecule has 4 unspecified atom stereocenters. The average molecular weight is 1600 g/mol. The topological polar surface area (TPSA) is 263 Å². The third kappa shape index (κ3) is 77.9. The van der Waals surface area contributed by atoms with Crippen LogP contribution < -0.4 is 21.3 Å². The minimum Gasteiger partial charge on any atom is -0.460 e. The normalized spacial score (nSPS) is 13.8. The Kier molecular flexibility index (Phi) is 79.6. The molecule has 0 bridgehead atoms. The van der Waals surface area contributed by atoms with Crippen molar-refractivity contribution >= 4 is 45.4 Å². The lowest BCUT2D eigenvalue weighted by Crippen LogP contribution is -2.38. The number of urea groups is 1. The molecule has 0 saturated carbocycles. The highest BCUT2D eigenvalue weighted by Gasteiger charge is 2.29. The van der Waals surface area contributed by atoms with Crippen molar-refractivity contribution in [2.45, 2.75) is 502 Å². The van der Waals surface area contributed by atoms with Gasteiger partial charge in [-0.15, -0.1) is 0 Å². The zero-order chi connectivity index (χ0) is 80.6. The molecular formula is C89H176N4O15P2. The van der Waals surface area contributed by atoms with Crippen LogP contribution in [0.3, 0.4) is 0 Å². The van der Waals surface area contributed by atoms with Crippen LogP contribution in [0.4, 0.5) is 4.79 Å². The predicted molar refractivity (Wildman–Crippen MR) is 456 cm³/mol. The number of phosphoric ester groups is 2. The number of esters is 2. The van der Waals surface area contributed by atoms with E-state index < -0.39 is 72.3 Å². The van der Waals surface area contributed by atoms with Crippen molar-refractivity contribution < 1.29 is 70.5 Å². The number of carbonyl (C=O) groups is 5. The van der Waals surface area contributed by atoms with Gasteiger partial charge >= 0.3 is 33.6 Å². The highest BCUT2D eigenvalue weighted by Crippen LogP contribution is 2.44. The van der Waals surface area contributed by atoms with E-state index in [1.807, 2.05) is 0 Å². The van der Waals surface area contributed by atoms with Crippen LogP contribution in [-0.2, 0) is 55.9 Å². The summed E-state index contributed by atoms with van der Waals surface area (Å²) in [5, 5.41) is 11.7. The van der Waals surface area contributed by atoms with Gasteiger partial charge in [-0.2, -0.15) is 0 Å². The van der Waals surface area contributed by atoms with Crippen LogP contribution >= 0.6 is 15.6 Å². The number of ether oxygens (including phenoxy) is 2. The Labute approximate surface area is 675 Å². The van der Waals surface area contributed by atoms with Crippen LogP contribution in [0.5, 0.6) is 0 Å². The molecule has 21 heteroatoms. The fourth-order valence-corrected chi connectivity index (χ4v) is 15.9. The first-order valence-electron chi connectivity index (χ1n) is 46.8. The van der Waals surface area contributed by atoms with Crippen molar-refractivity contribution in [3.8, 4) is 0 Å². The van der Waals surface area contributed by atoms with E-state index in [-0.39, 0.29) is 49.8 Å². The molecule has 0 aromatic carbocycles. The van der Waals surface area contributed by atoms with Gasteiger partial charge in [0.25, 0.3) is 0 Å². The number of rotatable bonds is 88. The van der Waals surface area contributed by atoms with Crippen LogP contribution in [0.2, 0.25) is 0 Å². The predicted octanol–water partition coefficient (Wildman–Crippen LogP) is 26.0. The first-order chi connectivity index (χ1) is 53.5. The number of carbonyl (C=O) groups excluding carboxylic acids is 5. The minimum absolute atomic E-state index is 0.0166. The highest BCUT2D eigenvalue weighted by molar-refractivity contribution is 7.47. The second kappa shape index (κ2) is 81.5. The Bertz CT molecular complexity index is 2020. The van der Waals surface area contributed by atoms with E-state index >= 15 is 0 Å². The molecule has 0 aliphatic carbocycles. The Balaban J connectivity index is 5.80. The van der Waals surface area contributed by atoms with E-state index in [0.717, 1.165) is 128 Å². The Morgan fingerprint density at radius 2 is 0.491 bits per heavy atom. The van der Waals surface area contributed by atoms with Crippen molar-refractivity contribution in [2.24, 2.45) is 0 Å². The summed E-state index contributed by atoms with van der Waals surface area (Å²) < 4.78 is 60.1. The van der Waals surface area contributed by atoms with E-state index in [2.05, 4.69) is 62.8 Å². The number of phosphoric acid groups is 2. The fraction of sp³-hybridized carbons (Fsp3) is 0.944. The summed E-state index contributed by atoms with van der Waals surface area (Å²) in [6.45, 7) is 11.3. The van der Waals surface area contributed by atoms with Gasteiger partial charge < -0.3 is 40.5 Å². The molecule has 0 fully saturated rings. The smallest absolute Gasteiger partial charge is 0.460 e. The maximum Gasteiger partial charge on any atom is 0.472 e. The Morgan fingerprint density at radius 3 is 0.736 bits per heavy atom. The monoisotopic (exact) mass is 1600 g/mol. The summed E-state index contributed by atoms with van der Waals surface area (Å²) in [5.74, 6) is -0.781. The van der Waals surface area contributed by atoms with Crippen molar-refractivity contribution in [1.29, 1.82) is 0 Å². The molecule has 0 aliphatic heterocycles. The fourth-order valence-electron chi connectivity index (χ4n) is 14.4. The largest absolute Gasteiger partial charge is 0.472 e. The van der Waals surface area contributed by atoms with Gasteiger partial charge in [-0.25, -0.2) is 13.9 Å². The standard InChI is InChI=1S/C89H176N4O15P2/c1-7-13-19-25-31-35-39-43-49-55-61-67-85(94)92-81(65-59-53-47-29-23-17-11-5)71-73-83(107-87(96)69-63-57-51-45-41-37-33-27-21-15-9-3)79-105-109(99,100)103-77-75-90-89(98)91-76-78-104-110(101,102)106-80-84(108-88(97)70-64-58-52-46-42-38-34-28-22-16-10-4)74-72-82(66-60-54-48-30-24-18-12-6)93-86(95)68-62-56-50-44-40-36-32-26-20-14-8-2/h81-84H,7-80H2,1-6H3,(H,92,94)(H,93,95)(H,99,100)(H,101,102)(H2,90,91,98)/t81?,82?,83-,84-/m0/s1. The van der Waals surface area contributed by atoms with Crippen LogP contribution in [0.15, 0.2) is 0 Å². The van der Waals surface area contributed by atoms with Gasteiger partial charge in [0.1, 0.15) is 12.2 Å². The Hall–Kier alpha value is -2.63. The summed E-state index contributed by atoms with van der Waals surface area (Å²) in [5.41, 5.74) is 0. The molecule has 0 rings (SSSR count). The average Bonchev–Trinajstić information content (AvgIpc) is 0.908. The number of amides is 4. The van der Waals surface area contributed by atoms with Crippen molar-refractivity contribution in [3.05, 3.63) is 0 Å². The van der Waals surface area contributed by atoms with E-state index in [1.165, 1.54) is 244 Å². The van der Waals surface area contributed by atoms with E-state index in [4.69, 9.17) is 27.6 Å². The zero-order valence-corrected chi connectivity index (χ0v) is 74.0. The minimum atomic E-state index is -4.72. The van der Waals surface area contributed by atoms with Gasteiger partial charge in [0.05, 0.1) is 26.4 Å². The molecule has 0 aromatic rings. The lowest BCUT2D eigenvalue weighted by molar-refractivity contribution is -0.152. The molecular weight excluding hydrogens is 1430 g/mol. The zero-order valence-electron chi connectivity index (χ0n) is 72.2. The SMILES string of the molecule is CCCCCCCCCCCCCC(=O)NC(CCCCCCCCC)CC[C@@H](COP(=O)(O)OCCNC(=O)NCCOP(=O)(O)OC[C@H](CCC(CCCCCCCCC)NC(=O)CCCCCCCCCCCCC)OC(=O)CCCCCCCCCCCCC)OC(=O)CCCCCCCCCCCCC. The molecule has 110 heavy (non-hydrogen) atoms. The molecule has 4 amide bonds. The molecule has 6 atom stereocenters. The second-order valence-corrected chi connectivity index (χ2v) is 35.2. The molecule has 652 valence electrons. The summed E-state index contributed by atoms with van der Waals surface area (Å²) in [7, 11) is -9.44. The number of hydrogen-bond acceptors (Lipinski definition) is 13. The second-order valence-electron chi connectivity index (χ2n) is 32.2. The molecule has 19 nitrogen and oxygen atoms in total. The van der Waals surface area contributed by atoms with Crippen molar-refractivity contribution in [3.63, 3.8) is 0 Å². The van der Waals surface area contributed by atoms with Gasteiger partial charge in [0, 0.05) is 50.9 Å². The molecule has 0 saturated heterocycles. The molecule has 0 aliphatic rings. The quantitative estimate of drug-likeness (QED) is 0.0188. The first-order valence-corrected chi connectivity index (χ1v) is 49.7. The number of unbranched alkanes of at least 4 members (excludes halogenated alkanes) is 52. The third-order valence-electron chi connectivity index (χ3n) is 21.4. The lowest BCUT2D eigenvalue weighted by atomic mass is 10.00. The molecule has 0 aromatic heterocycles. The van der Waals surface area contributed by atoms with Crippen LogP contribution in [0.25, 0.3) is 0 Å². The number of hydrogen-bond donors (Lipinski definition) is 6. The first kappa shape index (κ1) is 107.